The van der Waals surface area contributed by atoms with Gasteiger partial charge in [0.25, 0.3) is 5.91 Å². The summed E-state index contributed by atoms with van der Waals surface area (Å²) < 4.78 is 27.7. The van der Waals surface area contributed by atoms with E-state index in [0.29, 0.717) is 23.8 Å². The lowest BCUT2D eigenvalue weighted by Gasteiger charge is -2.34. The molecule has 2 aromatic rings. The van der Waals surface area contributed by atoms with E-state index in [1.807, 2.05) is 13.8 Å². The molecule has 0 aromatic heterocycles. The van der Waals surface area contributed by atoms with Gasteiger partial charge >= 0.3 is 0 Å². The van der Waals surface area contributed by atoms with E-state index >= 15 is 0 Å². The van der Waals surface area contributed by atoms with E-state index in [1.54, 1.807) is 25.1 Å². The zero-order valence-corrected chi connectivity index (χ0v) is 20.0. The summed E-state index contributed by atoms with van der Waals surface area (Å²) in [6.07, 6.45) is 0.991. The number of hydrogen-bond donors (Lipinski definition) is 2. The summed E-state index contributed by atoms with van der Waals surface area (Å²) in [6, 6.07) is 11.1. The van der Waals surface area contributed by atoms with Crippen molar-refractivity contribution in [3.63, 3.8) is 0 Å². The van der Waals surface area contributed by atoms with Crippen molar-refractivity contribution in [3.8, 4) is 0 Å². The summed E-state index contributed by atoms with van der Waals surface area (Å²) in [5, 5.41) is 5.77. The molecule has 7 nitrogen and oxygen atoms in total. The number of nitrogens with zero attached hydrogens (tertiary/aromatic N) is 1. The number of halogens is 1. The van der Waals surface area contributed by atoms with E-state index in [0.717, 1.165) is 12.0 Å². The highest BCUT2D eigenvalue weighted by Crippen LogP contribution is 2.27. The molecule has 2 unspecified atom stereocenters. The van der Waals surface area contributed by atoms with Crippen LogP contribution in [0.1, 0.15) is 36.2 Å². The highest BCUT2D eigenvalue weighted by atomic mass is 35.5. The smallest absolute Gasteiger partial charge is 0.251 e. The number of amides is 2. The lowest BCUT2D eigenvalue weighted by atomic mass is 9.94. The van der Waals surface area contributed by atoms with E-state index in [2.05, 4.69) is 10.6 Å². The second-order valence-electron chi connectivity index (χ2n) is 8.44. The Kier molecular flexibility index (Phi) is 7.59. The Morgan fingerprint density at radius 2 is 1.75 bits per heavy atom. The first-order chi connectivity index (χ1) is 15.1. The fourth-order valence-electron chi connectivity index (χ4n) is 3.95. The van der Waals surface area contributed by atoms with Crippen molar-refractivity contribution in [2.24, 2.45) is 11.8 Å². The standard InChI is InChI=1S/C23H28ClN3O4S/c1-15-10-16(2)14-27(13-15)32(30,31)19-7-4-6-18(11-19)23(29)25-12-22(28)26-21-9-5-8-20(24)17(21)3/h4-9,11,15-16H,10,12-14H2,1-3H3,(H,25,29)(H,26,28). The van der Waals surface area contributed by atoms with Gasteiger partial charge in [-0.2, -0.15) is 4.31 Å². The number of carbonyl (C=O) groups is 2. The van der Waals surface area contributed by atoms with Crippen molar-refractivity contribution in [2.75, 3.05) is 25.0 Å². The summed E-state index contributed by atoms with van der Waals surface area (Å²) in [6.45, 7) is 6.53. The molecular weight excluding hydrogens is 450 g/mol. The van der Waals surface area contributed by atoms with Crippen LogP contribution < -0.4 is 10.6 Å². The van der Waals surface area contributed by atoms with Crippen molar-refractivity contribution in [1.29, 1.82) is 0 Å². The SMILES string of the molecule is Cc1c(Cl)cccc1NC(=O)CNC(=O)c1cccc(S(=O)(=O)N2CC(C)CC(C)C2)c1. The molecule has 0 radical (unpaired) electrons. The third kappa shape index (κ3) is 5.68. The van der Waals surface area contributed by atoms with Gasteiger partial charge in [0.1, 0.15) is 0 Å². The molecule has 0 aliphatic carbocycles. The Morgan fingerprint density at radius 3 is 2.44 bits per heavy atom. The number of anilines is 1. The molecular formula is C23H28ClN3O4S. The minimum Gasteiger partial charge on any atom is -0.343 e. The molecule has 172 valence electrons. The lowest BCUT2D eigenvalue weighted by Crippen LogP contribution is -2.42. The van der Waals surface area contributed by atoms with Gasteiger partial charge in [-0.15, -0.1) is 0 Å². The van der Waals surface area contributed by atoms with E-state index < -0.39 is 21.8 Å². The monoisotopic (exact) mass is 477 g/mol. The summed E-state index contributed by atoms with van der Waals surface area (Å²) in [4.78, 5) is 24.9. The zero-order valence-electron chi connectivity index (χ0n) is 18.4. The van der Waals surface area contributed by atoms with Crippen LogP contribution in [-0.2, 0) is 14.8 Å². The van der Waals surface area contributed by atoms with Gasteiger partial charge < -0.3 is 10.6 Å². The first kappa shape index (κ1) is 24.2. The van der Waals surface area contributed by atoms with Gasteiger partial charge in [-0.05, 0) is 61.1 Å². The van der Waals surface area contributed by atoms with E-state index in [-0.39, 0.29) is 28.8 Å². The third-order valence-corrected chi connectivity index (χ3v) is 7.76. The fraction of sp³-hybridized carbons (Fsp3) is 0.391. The first-order valence-electron chi connectivity index (χ1n) is 10.5. The molecule has 9 heteroatoms. The van der Waals surface area contributed by atoms with Gasteiger partial charge in [0.05, 0.1) is 11.4 Å². The minimum atomic E-state index is -3.70. The van der Waals surface area contributed by atoms with Crippen molar-refractivity contribution >= 4 is 39.1 Å². The normalized spacial score (nSPS) is 19.4. The van der Waals surface area contributed by atoms with Crippen molar-refractivity contribution < 1.29 is 18.0 Å². The molecule has 0 saturated carbocycles. The van der Waals surface area contributed by atoms with Crippen LogP contribution in [0.15, 0.2) is 47.4 Å². The highest BCUT2D eigenvalue weighted by Gasteiger charge is 2.32. The number of benzene rings is 2. The molecule has 3 rings (SSSR count). The van der Waals surface area contributed by atoms with Crippen molar-refractivity contribution in [2.45, 2.75) is 32.1 Å². The maximum absolute atomic E-state index is 13.1. The molecule has 1 saturated heterocycles. The number of rotatable bonds is 6. The van der Waals surface area contributed by atoms with Gasteiger partial charge in [0.15, 0.2) is 0 Å². The second kappa shape index (κ2) is 10.0. The molecule has 0 bridgehead atoms. The Labute approximate surface area is 194 Å². The van der Waals surface area contributed by atoms with E-state index in [1.165, 1.54) is 28.6 Å². The molecule has 1 fully saturated rings. The van der Waals surface area contributed by atoms with Crippen LogP contribution in [0, 0.1) is 18.8 Å². The van der Waals surface area contributed by atoms with E-state index in [9.17, 15) is 18.0 Å². The fourth-order valence-corrected chi connectivity index (χ4v) is 5.85. The average Bonchev–Trinajstić information content (AvgIpc) is 2.74. The van der Waals surface area contributed by atoms with Crippen LogP contribution in [0.2, 0.25) is 5.02 Å². The average molecular weight is 478 g/mol. The summed E-state index contributed by atoms with van der Waals surface area (Å²) in [5.74, 6) is -0.382. The Bertz CT molecular complexity index is 1110. The second-order valence-corrected chi connectivity index (χ2v) is 10.8. The number of sulfonamides is 1. The van der Waals surface area contributed by atoms with Gasteiger partial charge in [-0.3, -0.25) is 9.59 Å². The molecule has 1 heterocycles. The molecule has 1 aliphatic heterocycles. The first-order valence-corrected chi connectivity index (χ1v) is 12.3. The van der Waals surface area contributed by atoms with Crippen molar-refractivity contribution in [1.82, 2.24) is 9.62 Å². The topological polar surface area (TPSA) is 95.6 Å². The van der Waals surface area contributed by atoms with Crippen molar-refractivity contribution in [3.05, 3.63) is 58.6 Å². The lowest BCUT2D eigenvalue weighted by molar-refractivity contribution is -0.115. The quantitative estimate of drug-likeness (QED) is 0.663. The molecule has 0 spiro atoms. The molecule has 1 aliphatic rings. The van der Waals surface area contributed by atoms with Crippen LogP contribution in [-0.4, -0.2) is 44.2 Å². The molecule has 2 amide bonds. The minimum absolute atomic E-state index is 0.0745. The van der Waals surface area contributed by atoms with Gasteiger partial charge in [0.2, 0.25) is 15.9 Å². The Balaban J connectivity index is 1.66. The van der Waals surface area contributed by atoms with Crippen LogP contribution in [0.4, 0.5) is 5.69 Å². The van der Waals surface area contributed by atoms with Gasteiger partial charge in [-0.25, -0.2) is 8.42 Å². The summed E-state index contributed by atoms with van der Waals surface area (Å²) >= 11 is 6.05. The Hall–Kier alpha value is -2.42. The molecule has 32 heavy (non-hydrogen) atoms. The third-order valence-electron chi connectivity index (χ3n) is 5.52. The highest BCUT2D eigenvalue weighted by molar-refractivity contribution is 7.89. The predicted octanol–water partition coefficient (Wildman–Crippen LogP) is 3.68. The van der Waals surface area contributed by atoms with Gasteiger partial charge in [-0.1, -0.05) is 37.6 Å². The van der Waals surface area contributed by atoms with Crippen LogP contribution >= 0.6 is 11.6 Å². The van der Waals surface area contributed by atoms with Gasteiger partial charge in [0, 0.05) is 29.4 Å². The Morgan fingerprint density at radius 1 is 1.09 bits per heavy atom. The molecule has 2 aromatic carbocycles. The number of nitrogens with one attached hydrogen (secondary N) is 2. The van der Waals surface area contributed by atoms with Crippen LogP contribution in [0.5, 0.6) is 0 Å². The largest absolute Gasteiger partial charge is 0.343 e. The number of piperidine rings is 1. The maximum atomic E-state index is 13.1. The maximum Gasteiger partial charge on any atom is 0.251 e. The molecule has 2 atom stereocenters. The van der Waals surface area contributed by atoms with Crippen LogP contribution in [0.3, 0.4) is 0 Å². The summed E-state index contributed by atoms with van der Waals surface area (Å²) in [5.41, 5.74) is 1.47. The van der Waals surface area contributed by atoms with Crippen LogP contribution in [0.25, 0.3) is 0 Å². The zero-order chi connectivity index (χ0) is 23.5. The number of carbonyl (C=O) groups excluding carboxylic acids is 2. The predicted molar refractivity (Wildman–Crippen MR) is 125 cm³/mol. The summed E-state index contributed by atoms with van der Waals surface area (Å²) in [7, 11) is -3.70. The number of hydrogen-bond acceptors (Lipinski definition) is 4. The van der Waals surface area contributed by atoms with E-state index in [4.69, 9.17) is 11.6 Å². The molecule has 2 N–H and O–H groups in total.